The van der Waals surface area contributed by atoms with E-state index in [1.165, 1.54) is 7.11 Å². The summed E-state index contributed by atoms with van der Waals surface area (Å²) in [7, 11) is 1.32. The summed E-state index contributed by atoms with van der Waals surface area (Å²) >= 11 is 0. The molecule has 1 saturated heterocycles. The molecule has 1 amide bonds. The van der Waals surface area contributed by atoms with E-state index in [0.717, 1.165) is 37.7 Å². The van der Waals surface area contributed by atoms with E-state index < -0.39 is 6.09 Å². The zero-order valence-electron chi connectivity index (χ0n) is 13.0. The summed E-state index contributed by atoms with van der Waals surface area (Å²) in [6.07, 6.45) is 3.06. The molecular formula is C16H19N5O2. The van der Waals surface area contributed by atoms with Crippen LogP contribution in [0.4, 0.5) is 22.1 Å². The Bertz CT molecular complexity index is 639. The van der Waals surface area contributed by atoms with Crippen LogP contribution in [0.15, 0.2) is 42.7 Å². The standard InChI is InChI=1S/C16H19N5O2/c1-23-16(22)19-14-6-5-13(12-18-14)20-8-10-21(11-9-20)15-4-2-3-7-17-15/h2-7,12H,8-11H2,1H3,(H,18,19,22). The van der Waals surface area contributed by atoms with Crippen LogP contribution in [0.2, 0.25) is 0 Å². The minimum atomic E-state index is -0.519. The second-order valence-electron chi connectivity index (χ2n) is 5.18. The molecule has 1 N–H and O–H groups in total. The van der Waals surface area contributed by atoms with Crippen LogP contribution in [0.1, 0.15) is 0 Å². The average molecular weight is 313 g/mol. The Labute approximate surface area is 134 Å². The number of aromatic nitrogens is 2. The van der Waals surface area contributed by atoms with Crippen molar-refractivity contribution in [2.24, 2.45) is 0 Å². The van der Waals surface area contributed by atoms with Gasteiger partial charge < -0.3 is 14.5 Å². The van der Waals surface area contributed by atoms with Crippen molar-refractivity contribution in [3.63, 3.8) is 0 Å². The summed E-state index contributed by atoms with van der Waals surface area (Å²) in [6, 6.07) is 9.69. The normalized spacial score (nSPS) is 14.5. The summed E-state index contributed by atoms with van der Waals surface area (Å²) < 4.78 is 4.54. The highest BCUT2D eigenvalue weighted by Gasteiger charge is 2.18. The highest BCUT2D eigenvalue weighted by atomic mass is 16.5. The van der Waals surface area contributed by atoms with E-state index in [2.05, 4.69) is 29.8 Å². The third-order valence-electron chi connectivity index (χ3n) is 3.78. The van der Waals surface area contributed by atoms with Crippen LogP contribution in [0.5, 0.6) is 0 Å². The van der Waals surface area contributed by atoms with Gasteiger partial charge in [-0.3, -0.25) is 5.32 Å². The first-order valence-corrected chi connectivity index (χ1v) is 7.48. The molecule has 0 bridgehead atoms. The Kier molecular flexibility index (Phi) is 4.56. The minimum absolute atomic E-state index is 0.479. The lowest BCUT2D eigenvalue weighted by atomic mass is 10.2. The second-order valence-corrected chi connectivity index (χ2v) is 5.18. The fraction of sp³-hybridized carbons (Fsp3) is 0.312. The molecule has 0 radical (unpaired) electrons. The van der Waals surface area contributed by atoms with Crippen LogP contribution < -0.4 is 15.1 Å². The van der Waals surface area contributed by atoms with E-state index in [4.69, 9.17) is 0 Å². The SMILES string of the molecule is COC(=O)Nc1ccc(N2CCN(c3ccccn3)CC2)cn1. The number of carbonyl (C=O) groups is 1. The molecule has 2 aromatic rings. The van der Waals surface area contributed by atoms with Crippen LogP contribution in [0.25, 0.3) is 0 Å². The van der Waals surface area contributed by atoms with Crippen LogP contribution >= 0.6 is 0 Å². The molecule has 1 aliphatic heterocycles. The Balaban J connectivity index is 1.58. The number of hydrogen-bond donors (Lipinski definition) is 1. The molecule has 23 heavy (non-hydrogen) atoms. The third kappa shape index (κ3) is 3.68. The minimum Gasteiger partial charge on any atom is -0.453 e. The smallest absolute Gasteiger partial charge is 0.412 e. The number of hydrogen-bond acceptors (Lipinski definition) is 6. The molecule has 7 heteroatoms. The summed E-state index contributed by atoms with van der Waals surface area (Å²) in [4.78, 5) is 24.3. The van der Waals surface area contributed by atoms with Crippen LogP contribution in [-0.2, 0) is 4.74 Å². The largest absolute Gasteiger partial charge is 0.453 e. The molecule has 3 rings (SSSR count). The number of rotatable bonds is 3. The highest BCUT2D eigenvalue weighted by molar-refractivity contribution is 5.83. The van der Waals surface area contributed by atoms with Crippen LogP contribution in [-0.4, -0.2) is 49.4 Å². The van der Waals surface area contributed by atoms with Gasteiger partial charge in [-0.15, -0.1) is 0 Å². The van der Waals surface area contributed by atoms with Gasteiger partial charge in [-0.1, -0.05) is 6.07 Å². The fourth-order valence-electron chi connectivity index (χ4n) is 2.54. The van der Waals surface area contributed by atoms with Crippen molar-refractivity contribution < 1.29 is 9.53 Å². The Hall–Kier alpha value is -2.83. The molecule has 2 aromatic heterocycles. The van der Waals surface area contributed by atoms with Crippen molar-refractivity contribution in [1.82, 2.24) is 9.97 Å². The number of methoxy groups -OCH3 is 1. The lowest BCUT2D eigenvalue weighted by molar-refractivity contribution is 0.187. The molecule has 3 heterocycles. The van der Waals surface area contributed by atoms with Crippen molar-refractivity contribution >= 4 is 23.4 Å². The first-order chi connectivity index (χ1) is 11.3. The van der Waals surface area contributed by atoms with E-state index in [0.29, 0.717) is 5.82 Å². The maximum atomic E-state index is 11.1. The van der Waals surface area contributed by atoms with E-state index >= 15 is 0 Å². The van der Waals surface area contributed by atoms with Gasteiger partial charge >= 0.3 is 6.09 Å². The van der Waals surface area contributed by atoms with Gasteiger partial charge in [-0.05, 0) is 24.3 Å². The van der Waals surface area contributed by atoms with Crippen molar-refractivity contribution in [3.8, 4) is 0 Å². The molecule has 0 aromatic carbocycles. The molecule has 1 aliphatic rings. The first kappa shape index (κ1) is 15.1. The first-order valence-electron chi connectivity index (χ1n) is 7.48. The van der Waals surface area contributed by atoms with Crippen LogP contribution in [0.3, 0.4) is 0 Å². The number of nitrogens with zero attached hydrogens (tertiary/aromatic N) is 4. The number of pyridine rings is 2. The quantitative estimate of drug-likeness (QED) is 0.934. The molecule has 0 aliphatic carbocycles. The molecular weight excluding hydrogens is 294 g/mol. The van der Waals surface area contributed by atoms with Gasteiger partial charge in [0.15, 0.2) is 0 Å². The van der Waals surface area contributed by atoms with Gasteiger partial charge in [0.2, 0.25) is 0 Å². The van der Waals surface area contributed by atoms with E-state index in [-0.39, 0.29) is 0 Å². The summed E-state index contributed by atoms with van der Waals surface area (Å²) in [6.45, 7) is 3.64. The monoisotopic (exact) mass is 313 g/mol. The Morgan fingerprint density at radius 2 is 1.87 bits per heavy atom. The van der Waals surface area contributed by atoms with E-state index in [1.54, 1.807) is 12.3 Å². The van der Waals surface area contributed by atoms with Crippen molar-refractivity contribution in [2.75, 3.05) is 48.4 Å². The maximum Gasteiger partial charge on any atom is 0.412 e. The van der Waals surface area contributed by atoms with Gasteiger partial charge in [0.1, 0.15) is 11.6 Å². The predicted molar refractivity (Wildman–Crippen MR) is 88.9 cm³/mol. The zero-order chi connectivity index (χ0) is 16.1. The molecule has 1 fully saturated rings. The lowest BCUT2D eigenvalue weighted by Crippen LogP contribution is -2.46. The maximum absolute atomic E-state index is 11.1. The number of carbonyl (C=O) groups excluding carboxylic acids is 1. The molecule has 0 unspecified atom stereocenters. The summed E-state index contributed by atoms with van der Waals surface area (Å²) in [5.74, 6) is 1.50. The third-order valence-corrected chi connectivity index (χ3v) is 3.78. The highest BCUT2D eigenvalue weighted by Crippen LogP contribution is 2.19. The lowest BCUT2D eigenvalue weighted by Gasteiger charge is -2.36. The second kappa shape index (κ2) is 6.95. The predicted octanol–water partition coefficient (Wildman–Crippen LogP) is 1.98. The number of amides is 1. The van der Waals surface area contributed by atoms with Gasteiger partial charge in [0, 0.05) is 32.4 Å². The Morgan fingerprint density at radius 1 is 1.09 bits per heavy atom. The van der Waals surface area contributed by atoms with E-state index in [9.17, 15) is 4.79 Å². The number of ether oxygens (including phenoxy) is 1. The number of anilines is 3. The van der Waals surface area contributed by atoms with Crippen molar-refractivity contribution in [2.45, 2.75) is 0 Å². The summed E-state index contributed by atoms with van der Waals surface area (Å²) in [5, 5.41) is 2.54. The number of nitrogens with one attached hydrogen (secondary N) is 1. The molecule has 120 valence electrons. The molecule has 0 atom stereocenters. The van der Waals surface area contributed by atoms with Gasteiger partial charge in [-0.2, -0.15) is 0 Å². The average Bonchev–Trinajstić information content (AvgIpc) is 2.63. The van der Waals surface area contributed by atoms with E-state index in [1.807, 2.05) is 30.5 Å². The molecule has 0 spiro atoms. The number of piperazine rings is 1. The van der Waals surface area contributed by atoms with Crippen molar-refractivity contribution in [3.05, 3.63) is 42.7 Å². The Morgan fingerprint density at radius 3 is 2.48 bits per heavy atom. The van der Waals surface area contributed by atoms with Crippen molar-refractivity contribution in [1.29, 1.82) is 0 Å². The fourth-order valence-corrected chi connectivity index (χ4v) is 2.54. The van der Waals surface area contributed by atoms with Crippen LogP contribution in [0, 0.1) is 0 Å². The van der Waals surface area contributed by atoms with Gasteiger partial charge in [0.05, 0.1) is 19.0 Å². The summed E-state index contributed by atoms with van der Waals surface area (Å²) in [5.41, 5.74) is 1.04. The zero-order valence-corrected chi connectivity index (χ0v) is 13.0. The van der Waals surface area contributed by atoms with Gasteiger partial charge in [0.25, 0.3) is 0 Å². The van der Waals surface area contributed by atoms with Gasteiger partial charge in [-0.25, -0.2) is 14.8 Å². The molecule has 7 nitrogen and oxygen atoms in total. The molecule has 0 saturated carbocycles. The topological polar surface area (TPSA) is 70.6 Å².